The maximum Gasteiger partial charge on any atom is 0.252 e. The predicted octanol–water partition coefficient (Wildman–Crippen LogP) is 4.87. The third-order valence-corrected chi connectivity index (χ3v) is 7.72. The molecule has 0 spiro atoms. The van der Waals surface area contributed by atoms with Crippen molar-refractivity contribution in [2.45, 2.75) is 50.2 Å². The summed E-state index contributed by atoms with van der Waals surface area (Å²) < 4.78 is 0. The van der Waals surface area contributed by atoms with Crippen molar-refractivity contribution < 1.29 is 9.59 Å². The molecule has 166 valence electrons. The van der Waals surface area contributed by atoms with Gasteiger partial charge in [0.2, 0.25) is 0 Å². The number of benzene rings is 3. The summed E-state index contributed by atoms with van der Waals surface area (Å²) in [4.78, 5) is 28.9. The zero-order valence-corrected chi connectivity index (χ0v) is 18.7. The molecule has 2 saturated heterocycles. The lowest BCUT2D eigenvalue weighted by molar-refractivity contribution is 0.0848. The Hall–Kier alpha value is -3.24. The van der Waals surface area contributed by atoms with Gasteiger partial charge in [-0.15, -0.1) is 0 Å². The zero-order chi connectivity index (χ0) is 22.4. The third kappa shape index (κ3) is 3.59. The lowest BCUT2D eigenvalue weighted by atomic mass is 9.95. The van der Waals surface area contributed by atoms with Crippen molar-refractivity contribution >= 4 is 11.7 Å². The first-order chi connectivity index (χ1) is 16.2. The number of piperidine rings is 1. The predicted molar refractivity (Wildman–Crippen MR) is 129 cm³/mol. The number of nitrogens with zero attached hydrogens (tertiary/aromatic N) is 1. The van der Waals surface area contributed by atoms with Crippen molar-refractivity contribution in [2.75, 3.05) is 6.54 Å². The molecule has 0 radical (unpaired) electrons. The minimum atomic E-state index is -0.0570. The highest BCUT2D eigenvalue weighted by molar-refractivity contribution is 6.24. The minimum absolute atomic E-state index is 0.0139. The maximum atomic E-state index is 13.4. The summed E-state index contributed by atoms with van der Waals surface area (Å²) in [5.74, 6) is -0.0430. The number of rotatable bonds is 5. The number of nitrogens with one attached hydrogen (secondary N) is 1. The van der Waals surface area contributed by atoms with Gasteiger partial charge in [0, 0.05) is 46.9 Å². The summed E-state index contributed by atoms with van der Waals surface area (Å²) >= 11 is 0. The van der Waals surface area contributed by atoms with Crippen LogP contribution in [0.25, 0.3) is 11.1 Å². The van der Waals surface area contributed by atoms with Gasteiger partial charge in [-0.3, -0.25) is 14.5 Å². The van der Waals surface area contributed by atoms with Crippen molar-refractivity contribution in [3.63, 3.8) is 0 Å². The first kappa shape index (κ1) is 20.4. The number of hydrogen-bond donors (Lipinski definition) is 1. The van der Waals surface area contributed by atoms with Crippen molar-refractivity contribution in [2.24, 2.45) is 0 Å². The number of amides is 1. The highest BCUT2D eigenvalue weighted by Gasteiger charge is 2.41. The van der Waals surface area contributed by atoms with Crippen molar-refractivity contribution in [3.05, 3.63) is 95.1 Å². The van der Waals surface area contributed by atoms with E-state index in [-0.39, 0.29) is 17.7 Å². The maximum absolute atomic E-state index is 13.4. The molecule has 4 heteroatoms. The SMILES string of the molecule is O=C(NC1CC2CCC(C1)N2CCc1ccccc1)c1cccc2c1-c1ccccc1C2=O. The highest BCUT2D eigenvalue weighted by atomic mass is 16.2. The molecule has 2 atom stereocenters. The van der Waals surface area contributed by atoms with Gasteiger partial charge in [0.25, 0.3) is 5.91 Å². The van der Waals surface area contributed by atoms with E-state index in [9.17, 15) is 9.59 Å². The summed E-state index contributed by atoms with van der Waals surface area (Å²) in [7, 11) is 0. The molecule has 2 unspecified atom stereocenters. The minimum Gasteiger partial charge on any atom is -0.349 e. The molecule has 33 heavy (non-hydrogen) atoms. The van der Waals surface area contributed by atoms with Gasteiger partial charge in [0.05, 0.1) is 0 Å². The molecule has 0 saturated carbocycles. The van der Waals surface area contributed by atoms with E-state index in [0.29, 0.717) is 28.8 Å². The van der Waals surface area contributed by atoms with Crippen LogP contribution < -0.4 is 5.32 Å². The molecule has 1 amide bonds. The molecular formula is C29H28N2O2. The second-order valence-electron chi connectivity index (χ2n) is 9.60. The van der Waals surface area contributed by atoms with Gasteiger partial charge in [0.15, 0.2) is 5.78 Å². The Morgan fingerprint density at radius 2 is 1.48 bits per heavy atom. The number of ketones is 1. The second kappa shape index (κ2) is 8.27. The molecule has 2 aliphatic heterocycles. The van der Waals surface area contributed by atoms with Crippen LogP contribution in [-0.2, 0) is 6.42 Å². The summed E-state index contributed by atoms with van der Waals surface area (Å²) in [5.41, 5.74) is 5.00. The van der Waals surface area contributed by atoms with Gasteiger partial charge < -0.3 is 5.32 Å². The van der Waals surface area contributed by atoms with Crippen LogP contribution >= 0.6 is 0 Å². The Bertz CT molecular complexity index is 1210. The Morgan fingerprint density at radius 1 is 0.818 bits per heavy atom. The average molecular weight is 437 g/mol. The van der Waals surface area contributed by atoms with Gasteiger partial charge >= 0.3 is 0 Å². The van der Waals surface area contributed by atoms with E-state index in [4.69, 9.17) is 0 Å². The second-order valence-corrected chi connectivity index (χ2v) is 9.60. The van der Waals surface area contributed by atoms with Crippen LogP contribution in [0.4, 0.5) is 0 Å². The highest BCUT2D eigenvalue weighted by Crippen LogP contribution is 2.39. The molecular weight excluding hydrogens is 408 g/mol. The van der Waals surface area contributed by atoms with Crippen LogP contribution in [0.15, 0.2) is 72.8 Å². The monoisotopic (exact) mass is 436 g/mol. The first-order valence-electron chi connectivity index (χ1n) is 12.1. The number of hydrogen-bond acceptors (Lipinski definition) is 3. The Labute approximate surface area is 194 Å². The Kier molecular flexibility index (Phi) is 5.11. The van der Waals surface area contributed by atoms with Crippen molar-refractivity contribution in [1.29, 1.82) is 0 Å². The number of carbonyl (C=O) groups is 2. The topological polar surface area (TPSA) is 49.4 Å². The van der Waals surface area contributed by atoms with E-state index in [0.717, 1.165) is 36.9 Å². The van der Waals surface area contributed by atoms with Crippen molar-refractivity contribution in [3.8, 4) is 11.1 Å². The van der Waals surface area contributed by atoms with E-state index in [1.54, 1.807) is 0 Å². The largest absolute Gasteiger partial charge is 0.349 e. The summed E-state index contributed by atoms with van der Waals surface area (Å²) in [6, 6.07) is 25.1. The molecule has 3 aromatic carbocycles. The quantitative estimate of drug-likeness (QED) is 0.486. The molecule has 2 bridgehead atoms. The fourth-order valence-corrected chi connectivity index (χ4v) is 6.19. The van der Waals surface area contributed by atoms with E-state index >= 15 is 0 Å². The molecule has 1 N–H and O–H groups in total. The van der Waals surface area contributed by atoms with Gasteiger partial charge in [-0.05, 0) is 49.3 Å². The Morgan fingerprint density at radius 3 is 2.24 bits per heavy atom. The fourth-order valence-electron chi connectivity index (χ4n) is 6.19. The zero-order valence-electron chi connectivity index (χ0n) is 18.7. The van der Waals surface area contributed by atoms with Crippen LogP contribution in [0, 0.1) is 0 Å². The van der Waals surface area contributed by atoms with Crippen LogP contribution in [0.5, 0.6) is 0 Å². The standard InChI is InChI=1S/C29H28N2O2/c32-28-24-10-5-4-9-23(24)27-25(28)11-6-12-26(27)29(33)30-20-17-21-13-14-22(18-20)31(21)16-15-19-7-2-1-3-8-19/h1-12,20-22H,13-18H2,(H,30,33). The van der Waals surface area contributed by atoms with Gasteiger partial charge in [-0.25, -0.2) is 0 Å². The van der Waals surface area contributed by atoms with E-state index < -0.39 is 0 Å². The summed E-state index contributed by atoms with van der Waals surface area (Å²) in [6.45, 7) is 1.09. The van der Waals surface area contributed by atoms with Gasteiger partial charge in [-0.1, -0.05) is 66.7 Å². The third-order valence-electron chi connectivity index (χ3n) is 7.72. The first-order valence-corrected chi connectivity index (χ1v) is 12.1. The lowest BCUT2D eigenvalue weighted by Crippen LogP contribution is -2.50. The molecule has 3 aliphatic rings. The Balaban J connectivity index is 1.16. The number of carbonyl (C=O) groups excluding carboxylic acids is 2. The molecule has 1 aliphatic carbocycles. The molecule has 3 aromatic rings. The molecule has 6 rings (SSSR count). The lowest BCUT2D eigenvalue weighted by Gasteiger charge is -2.39. The fraction of sp³-hybridized carbons (Fsp3) is 0.310. The van der Waals surface area contributed by atoms with Crippen LogP contribution in [0.1, 0.15) is 57.5 Å². The van der Waals surface area contributed by atoms with Crippen LogP contribution in [0.2, 0.25) is 0 Å². The normalized spacial score (nSPS) is 23.3. The van der Waals surface area contributed by atoms with Crippen molar-refractivity contribution in [1.82, 2.24) is 10.2 Å². The van der Waals surface area contributed by atoms with Crippen LogP contribution in [0.3, 0.4) is 0 Å². The van der Waals surface area contributed by atoms with Gasteiger partial charge in [0.1, 0.15) is 0 Å². The van der Waals surface area contributed by atoms with Crippen LogP contribution in [-0.4, -0.2) is 41.3 Å². The van der Waals surface area contributed by atoms with Gasteiger partial charge in [-0.2, -0.15) is 0 Å². The molecule has 2 fully saturated rings. The molecule has 4 nitrogen and oxygen atoms in total. The van der Waals surface area contributed by atoms with E-state index in [2.05, 4.69) is 40.5 Å². The molecule has 2 heterocycles. The molecule has 0 aromatic heterocycles. The van der Waals surface area contributed by atoms with E-state index in [1.807, 2.05) is 42.5 Å². The average Bonchev–Trinajstić information content (AvgIpc) is 3.28. The summed E-state index contributed by atoms with van der Waals surface area (Å²) in [5, 5.41) is 3.33. The van der Waals surface area contributed by atoms with E-state index in [1.165, 1.54) is 18.4 Å². The smallest absolute Gasteiger partial charge is 0.252 e. The summed E-state index contributed by atoms with van der Waals surface area (Å²) in [6.07, 6.45) is 5.51. The number of fused-ring (bicyclic) bond motifs is 5.